The fourth-order valence-corrected chi connectivity index (χ4v) is 4.08. The molecule has 196 valence electrons. The molecule has 1 aliphatic carbocycles. The van der Waals surface area contributed by atoms with Gasteiger partial charge in [-0.2, -0.15) is 26.3 Å². The first-order valence-corrected chi connectivity index (χ1v) is 11.3. The van der Waals surface area contributed by atoms with Crippen LogP contribution in [0.25, 0.3) is 0 Å². The van der Waals surface area contributed by atoms with Gasteiger partial charge in [-0.05, 0) is 79.6 Å². The van der Waals surface area contributed by atoms with E-state index in [1.165, 1.54) is 24.3 Å². The maximum absolute atomic E-state index is 12.6. The molecule has 0 spiro atoms. The van der Waals surface area contributed by atoms with Gasteiger partial charge in [0.15, 0.2) is 0 Å². The van der Waals surface area contributed by atoms with Gasteiger partial charge in [0.25, 0.3) is 0 Å². The monoisotopic (exact) mass is 516 g/mol. The molecule has 4 amide bonds. The number of carbonyl (C=O) groups is 2. The number of nitrogens with one attached hydrogen (secondary N) is 4. The van der Waals surface area contributed by atoms with Gasteiger partial charge in [-0.15, -0.1) is 0 Å². The van der Waals surface area contributed by atoms with Crippen molar-refractivity contribution >= 4 is 23.4 Å². The summed E-state index contributed by atoms with van der Waals surface area (Å²) in [6, 6.07) is 7.24. The summed E-state index contributed by atoms with van der Waals surface area (Å²) in [5.74, 6) is 0.337. The van der Waals surface area contributed by atoms with Crippen LogP contribution in [0.5, 0.6) is 0 Å². The van der Waals surface area contributed by atoms with Crippen LogP contribution in [-0.2, 0) is 12.4 Å². The molecule has 0 heterocycles. The summed E-state index contributed by atoms with van der Waals surface area (Å²) in [4.78, 5) is 24.2. The number of urea groups is 2. The largest absolute Gasteiger partial charge is 0.416 e. The van der Waals surface area contributed by atoms with E-state index in [0.717, 1.165) is 49.9 Å². The molecule has 0 aliphatic heterocycles. The lowest BCUT2D eigenvalue weighted by Gasteiger charge is -2.29. The summed E-state index contributed by atoms with van der Waals surface area (Å²) < 4.78 is 75.8. The Morgan fingerprint density at radius 1 is 0.667 bits per heavy atom. The van der Waals surface area contributed by atoms with Crippen molar-refractivity contribution in [1.29, 1.82) is 0 Å². The maximum Gasteiger partial charge on any atom is 0.416 e. The van der Waals surface area contributed by atoms with Crippen molar-refractivity contribution in [1.82, 2.24) is 10.6 Å². The topological polar surface area (TPSA) is 82.3 Å². The van der Waals surface area contributed by atoms with E-state index >= 15 is 0 Å². The number of benzene rings is 2. The Morgan fingerprint density at radius 2 is 1.03 bits per heavy atom. The van der Waals surface area contributed by atoms with Gasteiger partial charge >= 0.3 is 24.4 Å². The summed E-state index contributed by atoms with van der Waals surface area (Å²) in [5.41, 5.74) is -1.12. The predicted molar refractivity (Wildman–Crippen MR) is 122 cm³/mol. The number of carbonyl (C=O) groups excluding carboxylic acids is 2. The predicted octanol–water partition coefficient (Wildman–Crippen LogP) is 6.47. The van der Waals surface area contributed by atoms with Gasteiger partial charge in [-0.3, -0.25) is 0 Å². The number of hydrogen-bond acceptors (Lipinski definition) is 2. The van der Waals surface area contributed by atoms with Gasteiger partial charge in [0.05, 0.1) is 11.1 Å². The van der Waals surface area contributed by atoms with E-state index in [1.807, 2.05) is 0 Å². The van der Waals surface area contributed by atoms with Gasteiger partial charge in [0, 0.05) is 24.5 Å². The molecule has 2 aromatic carbocycles. The van der Waals surface area contributed by atoms with Crippen molar-refractivity contribution in [3.8, 4) is 0 Å². The van der Waals surface area contributed by atoms with Crippen LogP contribution in [0.4, 0.5) is 47.3 Å². The summed E-state index contributed by atoms with van der Waals surface area (Å²) in [6.45, 7) is 0.751. The highest BCUT2D eigenvalue weighted by Crippen LogP contribution is 2.31. The van der Waals surface area contributed by atoms with Crippen molar-refractivity contribution in [2.75, 3.05) is 23.7 Å². The first kappa shape index (κ1) is 27.2. The average molecular weight is 516 g/mol. The Hall–Kier alpha value is -3.44. The van der Waals surface area contributed by atoms with Crippen LogP contribution >= 0.6 is 0 Å². The second kappa shape index (κ2) is 11.5. The SMILES string of the molecule is O=C(NC[C@H]1CCC[C@@H](CNC(=O)Nc2ccc(C(F)(F)F)cc2)C1)Nc1ccc(C(F)(F)F)cc1. The molecule has 0 aromatic heterocycles. The Balaban J connectivity index is 1.38. The normalized spacial score (nSPS) is 18.3. The molecular formula is C24H26F6N4O2. The summed E-state index contributed by atoms with van der Waals surface area (Å²) in [5, 5.41) is 10.5. The van der Waals surface area contributed by atoms with Crippen LogP contribution in [0.1, 0.15) is 36.8 Å². The zero-order valence-electron chi connectivity index (χ0n) is 19.1. The van der Waals surface area contributed by atoms with Gasteiger partial charge in [0.1, 0.15) is 0 Å². The molecule has 1 aliphatic rings. The van der Waals surface area contributed by atoms with Gasteiger partial charge in [-0.1, -0.05) is 6.42 Å². The number of hydrogen-bond donors (Lipinski definition) is 4. The Kier molecular flexibility index (Phi) is 8.70. The van der Waals surface area contributed by atoms with E-state index in [-0.39, 0.29) is 23.2 Å². The molecule has 12 heteroatoms. The van der Waals surface area contributed by atoms with Crippen LogP contribution in [0.3, 0.4) is 0 Å². The van der Waals surface area contributed by atoms with Crippen molar-refractivity contribution in [3.63, 3.8) is 0 Å². The van der Waals surface area contributed by atoms with E-state index in [4.69, 9.17) is 0 Å². The first-order chi connectivity index (χ1) is 16.9. The minimum absolute atomic E-state index is 0.168. The fourth-order valence-electron chi connectivity index (χ4n) is 4.08. The molecule has 2 aromatic rings. The summed E-state index contributed by atoms with van der Waals surface area (Å²) in [7, 11) is 0. The Morgan fingerprint density at radius 3 is 1.36 bits per heavy atom. The fraction of sp³-hybridized carbons (Fsp3) is 0.417. The van der Waals surface area contributed by atoms with Crippen LogP contribution in [0, 0.1) is 11.8 Å². The third-order valence-corrected chi connectivity index (χ3v) is 5.93. The highest BCUT2D eigenvalue weighted by Gasteiger charge is 2.31. The second-order valence-electron chi connectivity index (χ2n) is 8.72. The Bertz CT molecular complexity index is 941. The average Bonchev–Trinajstić information content (AvgIpc) is 2.81. The maximum atomic E-state index is 12.6. The molecule has 4 N–H and O–H groups in total. The lowest BCUT2D eigenvalue weighted by molar-refractivity contribution is -0.138. The summed E-state index contributed by atoms with van der Waals surface area (Å²) in [6.07, 6.45) is -5.48. The van der Waals surface area contributed by atoms with E-state index in [1.54, 1.807) is 0 Å². The minimum atomic E-state index is -4.45. The van der Waals surface area contributed by atoms with Gasteiger partial charge in [0.2, 0.25) is 0 Å². The number of alkyl halides is 6. The second-order valence-corrected chi connectivity index (χ2v) is 8.72. The number of rotatable bonds is 6. The van der Waals surface area contributed by atoms with Crippen LogP contribution < -0.4 is 21.3 Å². The molecule has 0 radical (unpaired) electrons. The lowest BCUT2D eigenvalue weighted by atomic mass is 9.81. The molecule has 0 unspecified atom stereocenters. The van der Waals surface area contributed by atoms with E-state index < -0.39 is 35.5 Å². The smallest absolute Gasteiger partial charge is 0.338 e. The molecule has 1 fully saturated rings. The third kappa shape index (κ3) is 8.35. The quantitative estimate of drug-likeness (QED) is 0.332. The zero-order chi connectivity index (χ0) is 26.3. The van der Waals surface area contributed by atoms with Crippen LogP contribution in [0.15, 0.2) is 48.5 Å². The molecule has 1 saturated carbocycles. The molecule has 36 heavy (non-hydrogen) atoms. The van der Waals surface area contributed by atoms with E-state index in [9.17, 15) is 35.9 Å². The lowest BCUT2D eigenvalue weighted by Crippen LogP contribution is -2.38. The number of anilines is 2. The zero-order valence-corrected chi connectivity index (χ0v) is 19.1. The van der Waals surface area contributed by atoms with Crippen molar-refractivity contribution in [3.05, 3.63) is 59.7 Å². The first-order valence-electron chi connectivity index (χ1n) is 11.3. The molecule has 2 atom stereocenters. The minimum Gasteiger partial charge on any atom is -0.338 e. The molecular weight excluding hydrogens is 490 g/mol. The van der Waals surface area contributed by atoms with Gasteiger partial charge in [-0.25, -0.2) is 9.59 Å². The molecule has 6 nitrogen and oxygen atoms in total. The number of halogens is 6. The number of amides is 4. The van der Waals surface area contributed by atoms with Crippen LogP contribution in [0.2, 0.25) is 0 Å². The molecule has 0 bridgehead atoms. The highest BCUT2D eigenvalue weighted by molar-refractivity contribution is 5.89. The Labute approximate surface area is 203 Å². The van der Waals surface area contributed by atoms with Crippen molar-refractivity contribution < 1.29 is 35.9 Å². The van der Waals surface area contributed by atoms with E-state index in [2.05, 4.69) is 21.3 Å². The van der Waals surface area contributed by atoms with Crippen molar-refractivity contribution in [2.24, 2.45) is 11.8 Å². The van der Waals surface area contributed by atoms with Gasteiger partial charge < -0.3 is 21.3 Å². The molecule has 0 saturated heterocycles. The molecule has 3 rings (SSSR count). The third-order valence-electron chi connectivity index (χ3n) is 5.93. The standard InChI is InChI=1S/C24H26F6N4O2/c25-23(26,27)17-4-8-19(9-5-17)33-21(35)31-13-15-2-1-3-16(12-15)14-32-22(36)34-20-10-6-18(7-11-20)24(28,29)30/h4-11,15-16H,1-3,12-14H2,(H2,31,33,35)(H2,32,34,36)/t15-,16+. The summed E-state index contributed by atoms with van der Waals surface area (Å²) >= 11 is 0. The van der Waals surface area contributed by atoms with Crippen molar-refractivity contribution in [2.45, 2.75) is 38.0 Å². The van der Waals surface area contributed by atoms with E-state index in [0.29, 0.717) is 13.1 Å². The van der Waals surface area contributed by atoms with Crippen LogP contribution in [-0.4, -0.2) is 25.2 Å². The highest BCUT2D eigenvalue weighted by atomic mass is 19.4.